The maximum atomic E-state index is 10.6. The van der Waals surface area contributed by atoms with E-state index in [1.54, 1.807) is 0 Å². The number of benzene rings is 1. The maximum Gasteiger partial charge on any atom is 0.335 e. The summed E-state index contributed by atoms with van der Waals surface area (Å²) in [5.74, 6) is -0.898. The lowest BCUT2D eigenvalue weighted by atomic mass is 10.2. The Morgan fingerprint density at radius 2 is 2.20 bits per heavy atom. The molecule has 1 unspecified atom stereocenters. The minimum absolute atomic E-state index is 0.00780. The normalized spacial score (nSPS) is 12.1. The van der Waals surface area contributed by atoms with E-state index in [1.807, 2.05) is 13.8 Å². The van der Waals surface area contributed by atoms with E-state index in [0.717, 1.165) is 6.42 Å². The summed E-state index contributed by atoms with van der Waals surface area (Å²) in [7, 11) is 0. The summed E-state index contributed by atoms with van der Waals surface area (Å²) < 4.78 is 5.39. The molecular weight excluding hydrogens is 196 g/mol. The second-order valence-electron chi connectivity index (χ2n) is 3.32. The molecule has 0 aliphatic heterocycles. The molecule has 0 bridgehead atoms. The smallest absolute Gasteiger partial charge is 0.335 e. The van der Waals surface area contributed by atoms with Crippen LogP contribution in [0.25, 0.3) is 0 Å². The maximum absolute atomic E-state index is 10.6. The summed E-state index contributed by atoms with van der Waals surface area (Å²) in [5.41, 5.74) is 0.0454. The number of carboxylic acids is 1. The molecule has 4 heteroatoms. The molecule has 82 valence electrons. The van der Waals surface area contributed by atoms with Crippen LogP contribution in [0.5, 0.6) is 11.5 Å². The van der Waals surface area contributed by atoms with Crippen molar-refractivity contribution >= 4 is 5.97 Å². The zero-order chi connectivity index (χ0) is 11.4. The Morgan fingerprint density at radius 3 is 2.67 bits per heavy atom. The van der Waals surface area contributed by atoms with Gasteiger partial charge in [-0.05, 0) is 31.5 Å². The van der Waals surface area contributed by atoms with Gasteiger partial charge in [0, 0.05) is 0 Å². The SMILES string of the molecule is CCC(C)Oc1ccc(C(=O)O)cc1O. The van der Waals surface area contributed by atoms with E-state index in [0.29, 0.717) is 5.75 Å². The van der Waals surface area contributed by atoms with E-state index < -0.39 is 5.97 Å². The average Bonchev–Trinajstić information content (AvgIpc) is 2.20. The fourth-order valence-electron chi connectivity index (χ4n) is 1.05. The first kappa shape index (κ1) is 11.4. The van der Waals surface area contributed by atoms with Crippen molar-refractivity contribution in [3.63, 3.8) is 0 Å². The van der Waals surface area contributed by atoms with Crippen LogP contribution in [0.15, 0.2) is 18.2 Å². The molecule has 1 aromatic rings. The number of hydrogen-bond donors (Lipinski definition) is 2. The topological polar surface area (TPSA) is 66.8 Å². The molecule has 0 aromatic heterocycles. The third-order valence-corrected chi connectivity index (χ3v) is 2.11. The summed E-state index contributed by atoms with van der Waals surface area (Å²) in [6, 6.07) is 4.05. The van der Waals surface area contributed by atoms with E-state index >= 15 is 0 Å². The highest BCUT2D eigenvalue weighted by molar-refractivity contribution is 5.88. The van der Waals surface area contributed by atoms with Crippen LogP contribution in [0, 0.1) is 0 Å². The molecule has 0 saturated carbocycles. The molecule has 15 heavy (non-hydrogen) atoms. The van der Waals surface area contributed by atoms with Crippen molar-refractivity contribution in [2.24, 2.45) is 0 Å². The molecule has 0 spiro atoms. The van der Waals surface area contributed by atoms with Gasteiger partial charge in [-0.3, -0.25) is 0 Å². The quantitative estimate of drug-likeness (QED) is 0.799. The summed E-state index contributed by atoms with van der Waals surface area (Å²) in [6.07, 6.45) is 0.812. The van der Waals surface area contributed by atoms with Crippen LogP contribution in [-0.2, 0) is 0 Å². The van der Waals surface area contributed by atoms with Crippen LogP contribution in [0.3, 0.4) is 0 Å². The van der Waals surface area contributed by atoms with Gasteiger partial charge >= 0.3 is 5.97 Å². The van der Waals surface area contributed by atoms with Crippen molar-refractivity contribution in [1.29, 1.82) is 0 Å². The van der Waals surface area contributed by atoms with Gasteiger partial charge in [-0.25, -0.2) is 4.79 Å². The highest BCUT2D eigenvalue weighted by Gasteiger charge is 2.10. The summed E-state index contributed by atoms with van der Waals surface area (Å²) in [6.45, 7) is 3.85. The largest absolute Gasteiger partial charge is 0.504 e. The first-order valence-corrected chi connectivity index (χ1v) is 4.77. The van der Waals surface area contributed by atoms with Crippen molar-refractivity contribution in [2.75, 3.05) is 0 Å². The molecule has 0 aliphatic rings. The summed E-state index contributed by atoms with van der Waals surface area (Å²) in [5, 5.41) is 18.2. The third-order valence-electron chi connectivity index (χ3n) is 2.11. The first-order valence-electron chi connectivity index (χ1n) is 4.77. The number of aromatic carboxylic acids is 1. The predicted molar refractivity (Wildman–Crippen MR) is 55.4 cm³/mol. The van der Waals surface area contributed by atoms with Crippen molar-refractivity contribution in [3.05, 3.63) is 23.8 Å². The first-order chi connectivity index (χ1) is 7.04. The van der Waals surface area contributed by atoms with Crippen molar-refractivity contribution in [1.82, 2.24) is 0 Å². The molecular formula is C11H14O4. The van der Waals surface area contributed by atoms with Gasteiger partial charge in [0.2, 0.25) is 0 Å². The van der Waals surface area contributed by atoms with Crippen molar-refractivity contribution < 1.29 is 19.7 Å². The van der Waals surface area contributed by atoms with E-state index in [2.05, 4.69) is 0 Å². The van der Waals surface area contributed by atoms with Gasteiger partial charge in [0.05, 0.1) is 11.7 Å². The lowest BCUT2D eigenvalue weighted by Gasteiger charge is -2.13. The Kier molecular flexibility index (Phi) is 3.55. The molecule has 2 N–H and O–H groups in total. The predicted octanol–water partition coefficient (Wildman–Crippen LogP) is 2.27. The zero-order valence-electron chi connectivity index (χ0n) is 8.73. The minimum Gasteiger partial charge on any atom is -0.504 e. The van der Waals surface area contributed by atoms with Gasteiger partial charge in [0.1, 0.15) is 0 Å². The Bertz CT molecular complexity index is 360. The van der Waals surface area contributed by atoms with E-state index in [-0.39, 0.29) is 17.4 Å². The van der Waals surface area contributed by atoms with Gasteiger partial charge in [0.25, 0.3) is 0 Å². The lowest BCUT2D eigenvalue weighted by Crippen LogP contribution is -2.10. The van der Waals surface area contributed by atoms with Gasteiger partial charge in [-0.15, -0.1) is 0 Å². The second-order valence-corrected chi connectivity index (χ2v) is 3.32. The fourth-order valence-corrected chi connectivity index (χ4v) is 1.05. The molecule has 0 fully saturated rings. The summed E-state index contributed by atoms with van der Waals surface area (Å²) >= 11 is 0. The molecule has 0 aliphatic carbocycles. The number of ether oxygens (including phenoxy) is 1. The Hall–Kier alpha value is -1.71. The van der Waals surface area contributed by atoms with Gasteiger partial charge in [-0.2, -0.15) is 0 Å². The van der Waals surface area contributed by atoms with Crippen LogP contribution in [0.4, 0.5) is 0 Å². The molecule has 1 aromatic carbocycles. The highest BCUT2D eigenvalue weighted by atomic mass is 16.5. The zero-order valence-corrected chi connectivity index (χ0v) is 8.73. The number of phenolic OH excluding ortho intramolecular Hbond substituents is 1. The second kappa shape index (κ2) is 4.68. The average molecular weight is 210 g/mol. The number of hydrogen-bond acceptors (Lipinski definition) is 3. The van der Waals surface area contributed by atoms with E-state index in [1.165, 1.54) is 18.2 Å². The molecule has 0 saturated heterocycles. The number of phenols is 1. The van der Waals surface area contributed by atoms with Crippen LogP contribution in [0.2, 0.25) is 0 Å². The Labute approximate surface area is 88.1 Å². The molecule has 0 amide bonds. The molecule has 4 nitrogen and oxygen atoms in total. The number of carbonyl (C=O) groups is 1. The standard InChI is InChI=1S/C11H14O4/c1-3-7(2)15-10-5-4-8(11(13)14)6-9(10)12/h4-7,12H,3H2,1-2H3,(H,13,14). The summed E-state index contributed by atoms with van der Waals surface area (Å²) in [4.78, 5) is 10.6. The van der Waals surface area contributed by atoms with Crippen LogP contribution >= 0.6 is 0 Å². The van der Waals surface area contributed by atoms with Gasteiger partial charge < -0.3 is 14.9 Å². The van der Waals surface area contributed by atoms with Crippen molar-refractivity contribution in [3.8, 4) is 11.5 Å². The van der Waals surface area contributed by atoms with Gasteiger partial charge in [-0.1, -0.05) is 6.92 Å². The molecule has 0 heterocycles. The third kappa shape index (κ3) is 2.87. The van der Waals surface area contributed by atoms with Gasteiger partial charge in [0.15, 0.2) is 11.5 Å². The van der Waals surface area contributed by atoms with E-state index in [9.17, 15) is 9.90 Å². The number of aromatic hydroxyl groups is 1. The minimum atomic E-state index is -1.07. The molecule has 0 radical (unpaired) electrons. The lowest BCUT2D eigenvalue weighted by molar-refractivity contribution is 0.0696. The fraction of sp³-hybridized carbons (Fsp3) is 0.364. The Balaban J connectivity index is 2.88. The number of carboxylic acid groups (broad SMARTS) is 1. The van der Waals surface area contributed by atoms with E-state index in [4.69, 9.17) is 9.84 Å². The molecule has 1 rings (SSSR count). The number of rotatable bonds is 4. The Morgan fingerprint density at radius 1 is 1.53 bits per heavy atom. The highest BCUT2D eigenvalue weighted by Crippen LogP contribution is 2.28. The monoisotopic (exact) mass is 210 g/mol. The van der Waals surface area contributed by atoms with Crippen molar-refractivity contribution in [2.45, 2.75) is 26.4 Å². The van der Waals surface area contributed by atoms with Crippen LogP contribution in [-0.4, -0.2) is 22.3 Å². The van der Waals surface area contributed by atoms with Crippen LogP contribution in [0.1, 0.15) is 30.6 Å². The molecule has 1 atom stereocenters. The van der Waals surface area contributed by atoms with Crippen LogP contribution < -0.4 is 4.74 Å².